The van der Waals surface area contributed by atoms with Crippen LogP contribution in [0.4, 0.5) is 0 Å². The van der Waals surface area contributed by atoms with Crippen LogP contribution in [0.1, 0.15) is 30.5 Å². The van der Waals surface area contributed by atoms with Crippen molar-refractivity contribution >= 4 is 41.2 Å². The standard InChI is InChI=1S/C23H25Cl2NO5/c1-14(2)31-21(23(28)29)12-15-7-9-20(30-3)16(11-15)13-26-22(27)10-8-17-18(24)5-4-6-19(17)25/h4-11,14,21H,12-13H2,1-3H3,(H,26,27)(H,28,29)/b10-8+. The van der Waals surface area contributed by atoms with Crippen molar-refractivity contribution in [3.05, 3.63) is 69.2 Å². The highest BCUT2D eigenvalue weighted by Crippen LogP contribution is 2.25. The minimum atomic E-state index is -1.03. The van der Waals surface area contributed by atoms with Crippen LogP contribution in [0.25, 0.3) is 6.08 Å². The minimum absolute atomic E-state index is 0.194. The van der Waals surface area contributed by atoms with E-state index in [1.54, 1.807) is 56.3 Å². The van der Waals surface area contributed by atoms with E-state index in [9.17, 15) is 14.7 Å². The molecule has 0 spiro atoms. The number of rotatable bonds is 10. The molecule has 2 rings (SSSR count). The van der Waals surface area contributed by atoms with Gasteiger partial charge in [-0.3, -0.25) is 4.79 Å². The summed E-state index contributed by atoms with van der Waals surface area (Å²) in [5, 5.41) is 13.1. The Bertz CT molecular complexity index is 939. The average molecular weight is 466 g/mol. The molecule has 31 heavy (non-hydrogen) atoms. The first kappa shape index (κ1) is 24.7. The molecule has 1 amide bonds. The van der Waals surface area contributed by atoms with E-state index in [0.29, 0.717) is 26.9 Å². The zero-order chi connectivity index (χ0) is 23.0. The van der Waals surface area contributed by atoms with E-state index in [-0.39, 0.29) is 25.0 Å². The van der Waals surface area contributed by atoms with E-state index in [0.717, 1.165) is 5.56 Å². The number of methoxy groups -OCH3 is 1. The zero-order valence-electron chi connectivity index (χ0n) is 17.5. The molecule has 0 bridgehead atoms. The summed E-state index contributed by atoms with van der Waals surface area (Å²) in [6.45, 7) is 3.77. The van der Waals surface area contributed by atoms with Crippen LogP contribution in [0.2, 0.25) is 10.0 Å². The smallest absolute Gasteiger partial charge is 0.333 e. The maximum atomic E-state index is 12.3. The predicted molar refractivity (Wildman–Crippen MR) is 122 cm³/mol. The number of carboxylic acids is 1. The quantitative estimate of drug-likeness (QED) is 0.494. The largest absolute Gasteiger partial charge is 0.496 e. The number of carboxylic acid groups (broad SMARTS) is 1. The van der Waals surface area contributed by atoms with Gasteiger partial charge in [0.2, 0.25) is 5.91 Å². The second kappa shape index (κ2) is 11.7. The number of halogens is 2. The average Bonchev–Trinajstić information content (AvgIpc) is 2.71. The highest BCUT2D eigenvalue weighted by molar-refractivity contribution is 6.37. The van der Waals surface area contributed by atoms with Gasteiger partial charge in [-0.1, -0.05) is 41.4 Å². The van der Waals surface area contributed by atoms with Gasteiger partial charge >= 0.3 is 5.97 Å². The summed E-state index contributed by atoms with van der Waals surface area (Å²) in [4.78, 5) is 23.7. The van der Waals surface area contributed by atoms with Crippen LogP contribution in [0, 0.1) is 0 Å². The normalized spacial score (nSPS) is 12.2. The molecule has 0 aliphatic carbocycles. The summed E-state index contributed by atoms with van der Waals surface area (Å²) in [5.41, 5.74) is 2.04. The first-order valence-electron chi connectivity index (χ1n) is 9.65. The molecule has 0 saturated heterocycles. The van der Waals surface area contributed by atoms with Crippen molar-refractivity contribution in [2.45, 2.75) is 39.0 Å². The molecule has 0 radical (unpaired) electrons. The Morgan fingerprint density at radius 1 is 1.16 bits per heavy atom. The molecule has 1 unspecified atom stereocenters. The Kier molecular flexibility index (Phi) is 9.37. The summed E-state index contributed by atoms with van der Waals surface area (Å²) >= 11 is 12.2. The first-order chi connectivity index (χ1) is 14.7. The van der Waals surface area contributed by atoms with Gasteiger partial charge in [-0.15, -0.1) is 0 Å². The molecule has 1 atom stereocenters. The number of nitrogens with one attached hydrogen (secondary N) is 1. The van der Waals surface area contributed by atoms with Gasteiger partial charge in [-0.2, -0.15) is 0 Å². The van der Waals surface area contributed by atoms with E-state index < -0.39 is 12.1 Å². The molecule has 2 aromatic carbocycles. The predicted octanol–water partition coefficient (Wildman–Crippen LogP) is 4.75. The summed E-state index contributed by atoms with van der Waals surface area (Å²) < 4.78 is 10.8. The molecule has 0 aliphatic rings. The number of hydrogen-bond acceptors (Lipinski definition) is 4. The minimum Gasteiger partial charge on any atom is -0.496 e. The molecular weight excluding hydrogens is 441 g/mol. The van der Waals surface area contributed by atoms with Crippen molar-refractivity contribution in [3.63, 3.8) is 0 Å². The molecule has 8 heteroatoms. The van der Waals surface area contributed by atoms with Crippen molar-refractivity contribution in [1.82, 2.24) is 5.32 Å². The summed E-state index contributed by atoms with van der Waals surface area (Å²) in [6.07, 6.45) is 1.92. The molecule has 0 aliphatic heterocycles. The third-order valence-corrected chi connectivity index (χ3v) is 4.99. The fourth-order valence-electron chi connectivity index (χ4n) is 2.90. The maximum absolute atomic E-state index is 12.3. The van der Waals surface area contributed by atoms with Crippen LogP contribution in [-0.4, -0.2) is 36.3 Å². The lowest BCUT2D eigenvalue weighted by Crippen LogP contribution is -2.29. The van der Waals surface area contributed by atoms with Gasteiger partial charge < -0.3 is 19.9 Å². The highest BCUT2D eigenvalue weighted by atomic mass is 35.5. The van der Waals surface area contributed by atoms with Crippen molar-refractivity contribution < 1.29 is 24.2 Å². The fourth-order valence-corrected chi connectivity index (χ4v) is 3.43. The van der Waals surface area contributed by atoms with Gasteiger partial charge in [0.15, 0.2) is 6.10 Å². The monoisotopic (exact) mass is 465 g/mol. The molecule has 0 saturated carbocycles. The molecule has 0 fully saturated rings. The van der Waals surface area contributed by atoms with Gasteiger partial charge in [-0.05, 0) is 43.7 Å². The fraction of sp³-hybridized carbons (Fsp3) is 0.304. The molecule has 166 valence electrons. The van der Waals surface area contributed by atoms with Crippen LogP contribution in [0.3, 0.4) is 0 Å². The van der Waals surface area contributed by atoms with Crippen molar-refractivity contribution in [3.8, 4) is 5.75 Å². The van der Waals surface area contributed by atoms with E-state index in [1.165, 1.54) is 13.2 Å². The lowest BCUT2D eigenvalue weighted by molar-refractivity contribution is -0.153. The van der Waals surface area contributed by atoms with Crippen molar-refractivity contribution in [2.24, 2.45) is 0 Å². The number of aliphatic carboxylic acids is 1. The first-order valence-corrected chi connectivity index (χ1v) is 10.4. The summed E-state index contributed by atoms with van der Waals surface area (Å²) in [7, 11) is 1.53. The van der Waals surface area contributed by atoms with Gasteiger partial charge in [0.05, 0.1) is 13.2 Å². The van der Waals surface area contributed by atoms with Crippen molar-refractivity contribution in [1.29, 1.82) is 0 Å². The molecule has 2 N–H and O–H groups in total. The Balaban J connectivity index is 2.09. The Labute approximate surface area is 191 Å². The molecule has 0 aromatic heterocycles. The highest BCUT2D eigenvalue weighted by Gasteiger charge is 2.20. The van der Waals surface area contributed by atoms with Gasteiger partial charge in [0, 0.05) is 40.2 Å². The van der Waals surface area contributed by atoms with E-state index in [4.69, 9.17) is 32.7 Å². The molecular formula is C23H25Cl2NO5. The topological polar surface area (TPSA) is 84.9 Å². The lowest BCUT2D eigenvalue weighted by atomic mass is 10.0. The Morgan fingerprint density at radius 2 is 1.84 bits per heavy atom. The van der Waals surface area contributed by atoms with E-state index in [2.05, 4.69) is 5.32 Å². The molecule has 0 heterocycles. The summed E-state index contributed by atoms with van der Waals surface area (Å²) in [6, 6.07) is 10.4. The number of hydrogen-bond donors (Lipinski definition) is 2. The lowest BCUT2D eigenvalue weighted by Gasteiger charge is -2.17. The second-order valence-corrected chi connectivity index (χ2v) is 7.86. The third-order valence-electron chi connectivity index (χ3n) is 4.33. The van der Waals surface area contributed by atoms with Crippen LogP contribution in [0.15, 0.2) is 42.5 Å². The Hall–Kier alpha value is -2.54. The van der Waals surface area contributed by atoms with Crippen LogP contribution in [0.5, 0.6) is 5.75 Å². The number of carbonyl (C=O) groups excluding carboxylic acids is 1. The third kappa shape index (κ3) is 7.58. The van der Waals surface area contributed by atoms with Crippen LogP contribution < -0.4 is 10.1 Å². The van der Waals surface area contributed by atoms with Crippen LogP contribution in [-0.2, 0) is 27.3 Å². The van der Waals surface area contributed by atoms with Gasteiger partial charge in [0.25, 0.3) is 0 Å². The van der Waals surface area contributed by atoms with Crippen LogP contribution >= 0.6 is 23.2 Å². The number of ether oxygens (including phenoxy) is 2. The SMILES string of the molecule is COc1ccc(CC(OC(C)C)C(=O)O)cc1CNC(=O)/C=C/c1c(Cl)cccc1Cl. The molecule has 6 nitrogen and oxygen atoms in total. The van der Waals surface area contributed by atoms with Gasteiger partial charge in [-0.25, -0.2) is 4.79 Å². The summed E-state index contributed by atoms with van der Waals surface area (Å²) in [5.74, 6) is -0.781. The zero-order valence-corrected chi connectivity index (χ0v) is 19.0. The molecule has 2 aromatic rings. The second-order valence-electron chi connectivity index (χ2n) is 7.05. The number of benzene rings is 2. The Morgan fingerprint density at radius 3 is 2.42 bits per heavy atom. The van der Waals surface area contributed by atoms with E-state index >= 15 is 0 Å². The number of carbonyl (C=O) groups is 2. The van der Waals surface area contributed by atoms with E-state index in [1.807, 2.05) is 0 Å². The van der Waals surface area contributed by atoms with Crippen molar-refractivity contribution in [2.75, 3.05) is 7.11 Å². The van der Waals surface area contributed by atoms with Gasteiger partial charge in [0.1, 0.15) is 5.75 Å². The maximum Gasteiger partial charge on any atom is 0.333 e. The number of amides is 1.